The van der Waals surface area contributed by atoms with Gasteiger partial charge in [-0.25, -0.2) is 5.43 Å². The maximum atomic E-state index is 11.6. The molecule has 0 spiro atoms. The minimum absolute atomic E-state index is 0.0668. The third-order valence-electron chi connectivity index (χ3n) is 4.32. The average molecular weight is 284 g/mol. The van der Waals surface area contributed by atoms with Gasteiger partial charge in [0.25, 0.3) is 0 Å². The summed E-state index contributed by atoms with van der Waals surface area (Å²) in [6.45, 7) is 8.82. The highest BCUT2D eigenvalue weighted by Crippen LogP contribution is 2.36. The van der Waals surface area contributed by atoms with Gasteiger partial charge in [0.15, 0.2) is 0 Å². The Labute approximate surface area is 121 Å². The molecule has 0 saturated carbocycles. The second-order valence-electron chi connectivity index (χ2n) is 6.95. The van der Waals surface area contributed by atoms with Gasteiger partial charge in [-0.2, -0.15) is 0 Å². The first-order chi connectivity index (χ1) is 9.04. The molecule has 0 aromatic carbocycles. The molecule has 4 N–H and O–H groups in total. The zero-order chi connectivity index (χ0) is 15.6. The van der Waals surface area contributed by atoms with E-state index in [0.717, 1.165) is 12.8 Å². The van der Waals surface area contributed by atoms with Crippen LogP contribution in [-0.2, 0) is 9.59 Å². The number of likely N-dealkylation sites (tertiary alicyclic amines) is 1. The number of rotatable bonds is 5. The summed E-state index contributed by atoms with van der Waals surface area (Å²) in [5.41, 5.74) is 10.9. The van der Waals surface area contributed by atoms with E-state index in [1.54, 1.807) is 0 Å². The van der Waals surface area contributed by atoms with Gasteiger partial charge >= 0.3 is 0 Å². The van der Waals surface area contributed by atoms with Crippen molar-refractivity contribution in [2.45, 2.75) is 70.5 Å². The minimum Gasteiger partial charge on any atom is -0.370 e. The van der Waals surface area contributed by atoms with Crippen LogP contribution in [0.15, 0.2) is 0 Å². The lowest BCUT2D eigenvalue weighted by molar-refractivity contribution is -0.126. The normalized spacial score (nSPS) is 22.4. The maximum Gasteiger partial charge on any atom is 0.234 e. The Hall–Kier alpha value is -1.14. The van der Waals surface area contributed by atoms with Crippen LogP contribution in [0.5, 0.6) is 0 Å². The third kappa shape index (κ3) is 4.45. The average Bonchev–Trinajstić information content (AvgIpc) is 2.30. The van der Waals surface area contributed by atoms with Crippen LogP contribution >= 0.6 is 0 Å². The molecule has 0 aromatic rings. The fourth-order valence-corrected chi connectivity index (χ4v) is 2.96. The molecule has 1 aliphatic rings. The quantitative estimate of drug-likeness (QED) is 0.642. The van der Waals surface area contributed by atoms with E-state index >= 15 is 0 Å². The fraction of sp³-hybridized carbons (Fsp3) is 0.857. The van der Waals surface area contributed by atoms with Crippen molar-refractivity contribution in [2.75, 3.05) is 7.05 Å². The van der Waals surface area contributed by atoms with Crippen molar-refractivity contribution >= 4 is 11.8 Å². The van der Waals surface area contributed by atoms with E-state index in [4.69, 9.17) is 5.73 Å². The molecule has 6 heteroatoms. The SMILES string of the molecule is CN1C(C)(C)CC(NNC(=O)CCC(N)=O)CC1(C)C. The molecule has 1 heterocycles. The predicted octanol–water partition coefficient (Wildman–Crippen LogP) is 0.524. The number of nitrogens with one attached hydrogen (secondary N) is 2. The summed E-state index contributed by atoms with van der Waals surface area (Å²) in [6, 6.07) is 0.216. The Morgan fingerprint density at radius 1 is 1.15 bits per heavy atom. The molecule has 0 aromatic heterocycles. The molecule has 6 nitrogen and oxygen atoms in total. The van der Waals surface area contributed by atoms with Crippen LogP contribution < -0.4 is 16.6 Å². The van der Waals surface area contributed by atoms with E-state index in [1.165, 1.54) is 0 Å². The Bertz CT molecular complexity index is 361. The number of amides is 2. The molecule has 0 unspecified atom stereocenters. The van der Waals surface area contributed by atoms with E-state index in [2.05, 4.69) is 50.5 Å². The lowest BCUT2D eigenvalue weighted by Crippen LogP contribution is -2.63. The van der Waals surface area contributed by atoms with E-state index in [0.29, 0.717) is 0 Å². The molecule has 116 valence electrons. The number of primary amides is 1. The summed E-state index contributed by atoms with van der Waals surface area (Å²) in [5.74, 6) is -0.653. The molecule has 1 aliphatic heterocycles. The molecule has 1 saturated heterocycles. The van der Waals surface area contributed by atoms with Gasteiger partial charge in [0.1, 0.15) is 0 Å². The second kappa shape index (κ2) is 6.10. The number of nitrogens with zero attached hydrogens (tertiary/aromatic N) is 1. The summed E-state index contributed by atoms with van der Waals surface area (Å²) in [4.78, 5) is 24.6. The second-order valence-corrected chi connectivity index (χ2v) is 6.95. The molecule has 1 fully saturated rings. The summed E-state index contributed by atoms with van der Waals surface area (Å²) >= 11 is 0. The van der Waals surface area contributed by atoms with Crippen molar-refractivity contribution in [1.82, 2.24) is 15.8 Å². The van der Waals surface area contributed by atoms with Crippen molar-refractivity contribution in [3.8, 4) is 0 Å². The van der Waals surface area contributed by atoms with Crippen LogP contribution in [0.2, 0.25) is 0 Å². The summed E-state index contributed by atoms with van der Waals surface area (Å²) in [5, 5.41) is 0. The first kappa shape index (κ1) is 16.9. The van der Waals surface area contributed by atoms with Gasteiger partial charge in [0.2, 0.25) is 11.8 Å². The van der Waals surface area contributed by atoms with Crippen molar-refractivity contribution in [1.29, 1.82) is 0 Å². The highest BCUT2D eigenvalue weighted by atomic mass is 16.2. The Morgan fingerprint density at radius 2 is 1.65 bits per heavy atom. The first-order valence-electron chi connectivity index (χ1n) is 7.11. The smallest absolute Gasteiger partial charge is 0.234 e. The molecular formula is C14H28N4O2. The number of hydrazine groups is 1. The summed E-state index contributed by atoms with van der Waals surface area (Å²) in [7, 11) is 2.14. The van der Waals surface area contributed by atoms with Gasteiger partial charge in [-0.3, -0.25) is 19.9 Å². The molecule has 0 bridgehead atoms. The van der Waals surface area contributed by atoms with Gasteiger partial charge in [0, 0.05) is 30.0 Å². The topological polar surface area (TPSA) is 87.5 Å². The standard InChI is InChI=1S/C14H28N4O2/c1-13(2)8-10(9-14(3,4)18(13)5)16-17-12(20)7-6-11(15)19/h10,16H,6-9H2,1-5H3,(H2,15,19)(H,17,20). The number of hydrogen-bond acceptors (Lipinski definition) is 4. The van der Waals surface area contributed by atoms with E-state index in [-0.39, 0.29) is 35.9 Å². The van der Waals surface area contributed by atoms with Gasteiger partial charge in [-0.15, -0.1) is 0 Å². The number of piperidine rings is 1. The lowest BCUT2D eigenvalue weighted by Gasteiger charge is -2.53. The molecule has 0 atom stereocenters. The van der Waals surface area contributed by atoms with Gasteiger partial charge < -0.3 is 5.73 Å². The summed E-state index contributed by atoms with van der Waals surface area (Å²) in [6.07, 6.45) is 2.10. The molecule has 2 amide bonds. The van der Waals surface area contributed by atoms with E-state index < -0.39 is 5.91 Å². The van der Waals surface area contributed by atoms with Crippen molar-refractivity contribution in [3.05, 3.63) is 0 Å². The number of hydrogen-bond donors (Lipinski definition) is 3. The summed E-state index contributed by atoms with van der Waals surface area (Å²) < 4.78 is 0. The number of nitrogens with two attached hydrogens (primary N) is 1. The Balaban J connectivity index is 2.49. The maximum absolute atomic E-state index is 11.6. The zero-order valence-electron chi connectivity index (χ0n) is 13.2. The molecule has 1 rings (SSSR count). The fourth-order valence-electron chi connectivity index (χ4n) is 2.96. The first-order valence-corrected chi connectivity index (χ1v) is 7.11. The molecule has 0 radical (unpaired) electrons. The van der Waals surface area contributed by atoms with Crippen LogP contribution in [-0.4, -0.2) is 40.9 Å². The third-order valence-corrected chi connectivity index (χ3v) is 4.32. The highest BCUT2D eigenvalue weighted by Gasteiger charge is 2.42. The van der Waals surface area contributed by atoms with Crippen LogP contribution in [0, 0.1) is 0 Å². The van der Waals surface area contributed by atoms with Crippen LogP contribution in [0.25, 0.3) is 0 Å². The molecule has 20 heavy (non-hydrogen) atoms. The largest absolute Gasteiger partial charge is 0.370 e. The molecule has 0 aliphatic carbocycles. The van der Waals surface area contributed by atoms with Gasteiger partial charge in [-0.1, -0.05) is 0 Å². The van der Waals surface area contributed by atoms with Gasteiger partial charge in [-0.05, 0) is 47.6 Å². The van der Waals surface area contributed by atoms with Crippen molar-refractivity contribution in [2.24, 2.45) is 5.73 Å². The number of carbonyl (C=O) groups is 2. The van der Waals surface area contributed by atoms with Crippen LogP contribution in [0.3, 0.4) is 0 Å². The Kier molecular flexibility index (Phi) is 5.15. The predicted molar refractivity (Wildman–Crippen MR) is 78.6 cm³/mol. The van der Waals surface area contributed by atoms with E-state index in [9.17, 15) is 9.59 Å². The minimum atomic E-state index is -0.457. The van der Waals surface area contributed by atoms with Gasteiger partial charge in [0.05, 0.1) is 0 Å². The van der Waals surface area contributed by atoms with Crippen LogP contribution in [0.4, 0.5) is 0 Å². The molecular weight excluding hydrogens is 256 g/mol. The number of carbonyl (C=O) groups excluding carboxylic acids is 2. The highest BCUT2D eigenvalue weighted by molar-refractivity contribution is 5.82. The van der Waals surface area contributed by atoms with Crippen molar-refractivity contribution < 1.29 is 9.59 Å². The van der Waals surface area contributed by atoms with E-state index in [1.807, 2.05) is 0 Å². The van der Waals surface area contributed by atoms with Crippen LogP contribution in [0.1, 0.15) is 53.4 Å². The lowest BCUT2D eigenvalue weighted by atomic mass is 9.78. The monoisotopic (exact) mass is 284 g/mol. The Morgan fingerprint density at radius 3 is 2.10 bits per heavy atom. The zero-order valence-corrected chi connectivity index (χ0v) is 13.2. The van der Waals surface area contributed by atoms with Crippen molar-refractivity contribution in [3.63, 3.8) is 0 Å².